The van der Waals surface area contributed by atoms with Crippen molar-refractivity contribution in [3.63, 3.8) is 0 Å². The molecule has 3 heterocycles. The maximum absolute atomic E-state index is 13.9. The van der Waals surface area contributed by atoms with Crippen LogP contribution in [0, 0.1) is 11.2 Å². The van der Waals surface area contributed by atoms with Crippen LogP contribution in [0.3, 0.4) is 0 Å². The molecule has 0 aromatic heterocycles. The number of ether oxygens (including phenoxy) is 2. The average molecular weight is 504 g/mol. The van der Waals surface area contributed by atoms with E-state index in [0.717, 1.165) is 49.6 Å². The number of hydrogen-bond acceptors (Lipinski definition) is 4. The summed E-state index contributed by atoms with van der Waals surface area (Å²) >= 11 is 0. The van der Waals surface area contributed by atoms with Gasteiger partial charge in [0.1, 0.15) is 11.6 Å². The molecule has 1 unspecified atom stereocenters. The maximum atomic E-state index is 13.9. The second-order valence-electron chi connectivity index (χ2n) is 7.54. The molecule has 1 atom stereocenters. The fourth-order valence-corrected chi connectivity index (χ4v) is 4.32. The van der Waals surface area contributed by atoms with Crippen molar-refractivity contribution in [3.05, 3.63) is 29.1 Å². The van der Waals surface area contributed by atoms with Crippen molar-refractivity contribution in [2.45, 2.75) is 32.4 Å². The number of guanidine groups is 1. The molecule has 3 aliphatic rings. The van der Waals surface area contributed by atoms with Crippen LogP contribution in [0.4, 0.5) is 4.39 Å². The number of carbonyl (C=O) groups excluding carboxylic acids is 1. The molecular formula is C19H26FIN4O3. The number of amides is 1. The fraction of sp³-hybridized carbons (Fsp3) is 0.579. The van der Waals surface area contributed by atoms with Gasteiger partial charge in [-0.25, -0.2) is 4.39 Å². The highest BCUT2D eigenvalue weighted by Gasteiger charge is 2.42. The van der Waals surface area contributed by atoms with E-state index < -0.39 is 0 Å². The zero-order valence-electron chi connectivity index (χ0n) is 15.9. The van der Waals surface area contributed by atoms with Gasteiger partial charge in [-0.3, -0.25) is 9.79 Å². The predicted octanol–water partition coefficient (Wildman–Crippen LogP) is 1.99. The van der Waals surface area contributed by atoms with Gasteiger partial charge in [-0.2, -0.15) is 0 Å². The fourth-order valence-electron chi connectivity index (χ4n) is 4.32. The smallest absolute Gasteiger partial charge is 0.220 e. The Labute approximate surface area is 181 Å². The SMILES string of the molecule is CN=C(NCc1cc(F)cc2c1OCOC2)N1CCCC2(CNC(=O)C2)C1.I. The van der Waals surface area contributed by atoms with E-state index in [1.807, 2.05) is 0 Å². The van der Waals surface area contributed by atoms with E-state index in [0.29, 0.717) is 25.3 Å². The molecule has 0 saturated carbocycles. The topological polar surface area (TPSA) is 75.2 Å². The van der Waals surface area contributed by atoms with Gasteiger partial charge < -0.3 is 25.0 Å². The predicted molar refractivity (Wildman–Crippen MR) is 113 cm³/mol. The van der Waals surface area contributed by atoms with Crippen LogP contribution in [-0.2, 0) is 22.7 Å². The lowest BCUT2D eigenvalue weighted by Crippen LogP contribution is -2.51. The number of fused-ring (bicyclic) bond motifs is 1. The van der Waals surface area contributed by atoms with E-state index in [9.17, 15) is 9.18 Å². The number of halogens is 2. The number of likely N-dealkylation sites (tertiary alicyclic amines) is 1. The van der Waals surface area contributed by atoms with Crippen molar-refractivity contribution >= 4 is 35.8 Å². The highest BCUT2D eigenvalue weighted by atomic mass is 127. The largest absolute Gasteiger partial charge is 0.467 e. The highest BCUT2D eigenvalue weighted by molar-refractivity contribution is 14.0. The van der Waals surface area contributed by atoms with Crippen LogP contribution < -0.4 is 15.4 Å². The van der Waals surface area contributed by atoms with E-state index in [1.54, 1.807) is 7.05 Å². The lowest BCUT2D eigenvalue weighted by atomic mass is 9.79. The Morgan fingerprint density at radius 3 is 3.07 bits per heavy atom. The summed E-state index contributed by atoms with van der Waals surface area (Å²) in [5, 5.41) is 6.29. The minimum Gasteiger partial charge on any atom is -0.467 e. The number of nitrogens with zero attached hydrogens (tertiary/aromatic N) is 2. The number of piperidine rings is 1. The van der Waals surface area contributed by atoms with Gasteiger partial charge in [0.25, 0.3) is 0 Å². The summed E-state index contributed by atoms with van der Waals surface area (Å²) < 4.78 is 24.8. The molecule has 3 aliphatic heterocycles. The number of rotatable bonds is 2. The molecule has 7 nitrogen and oxygen atoms in total. The molecule has 0 radical (unpaired) electrons. The first-order chi connectivity index (χ1) is 13.1. The molecule has 1 amide bonds. The third kappa shape index (κ3) is 4.35. The summed E-state index contributed by atoms with van der Waals surface area (Å²) in [7, 11) is 1.74. The first kappa shape index (κ1) is 21.1. The van der Waals surface area contributed by atoms with Gasteiger partial charge in [-0.15, -0.1) is 24.0 Å². The second kappa shape index (κ2) is 8.81. The van der Waals surface area contributed by atoms with Crippen molar-refractivity contribution in [2.24, 2.45) is 10.4 Å². The molecule has 1 aromatic rings. The number of aliphatic imine (C=N–C) groups is 1. The maximum Gasteiger partial charge on any atom is 0.220 e. The number of hydrogen-bond donors (Lipinski definition) is 2. The van der Waals surface area contributed by atoms with Gasteiger partial charge in [0, 0.05) is 56.2 Å². The third-order valence-corrected chi connectivity index (χ3v) is 5.56. The summed E-state index contributed by atoms with van der Waals surface area (Å²) in [6.07, 6.45) is 2.64. The number of carbonyl (C=O) groups is 1. The Balaban J connectivity index is 0.00000225. The van der Waals surface area contributed by atoms with Crippen LogP contribution in [0.2, 0.25) is 0 Å². The van der Waals surface area contributed by atoms with Gasteiger partial charge in [-0.05, 0) is 25.0 Å². The molecule has 28 heavy (non-hydrogen) atoms. The Hall–Kier alpha value is -1.62. The molecule has 154 valence electrons. The van der Waals surface area contributed by atoms with E-state index in [4.69, 9.17) is 9.47 Å². The van der Waals surface area contributed by atoms with Gasteiger partial charge >= 0.3 is 0 Å². The monoisotopic (exact) mass is 504 g/mol. The van der Waals surface area contributed by atoms with E-state index in [-0.39, 0.29) is 47.9 Å². The molecule has 9 heteroatoms. The Kier molecular flexibility index (Phi) is 6.64. The Morgan fingerprint density at radius 2 is 2.32 bits per heavy atom. The van der Waals surface area contributed by atoms with Crippen molar-refractivity contribution in [3.8, 4) is 5.75 Å². The van der Waals surface area contributed by atoms with Crippen LogP contribution in [0.15, 0.2) is 17.1 Å². The van der Waals surface area contributed by atoms with E-state index >= 15 is 0 Å². The normalized spacial score (nSPS) is 24.3. The van der Waals surface area contributed by atoms with Gasteiger partial charge in [-0.1, -0.05) is 0 Å². The number of nitrogens with one attached hydrogen (secondary N) is 2. The molecule has 2 N–H and O–H groups in total. The second-order valence-corrected chi connectivity index (χ2v) is 7.54. The highest BCUT2D eigenvalue weighted by Crippen LogP contribution is 2.36. The molecule has 0 bridgehead atoms. The van der Waals surface area contributed by atoms with Crippen LogP contribution in [-0.4, -0.2) is 50.2 Å². The lowest BCUT2D eigenvalue weighted by Gasteiger charge is -2.40. The molecule has 0 aliphatic carbocycles. The van der Waals surface area contributed by atoms with Gasteiger partial charge in [0.2, 0.25) is 5.91 Å². The molecule has 4 rings (SSSR count). The molecule has 1 spiro atoms. The standard InChI is InChI=1S/C19H25FN4O3.HI/c1-21-18(24-4-2-3-19(11-24)7-16(25)23-10-19)22-8-13-5-15(20)6-14-9-26-12-27-17(13)14;/h5-6H,2-4,7-12H2,1H3,(H,21,22)(H,23,25);1H. The van der Waals surface area contributed by atoms with Crippen LogP contribution in [0.5, 0.6) is 5.75 Å². The van der Waals surface area contributed by atoms with Crippen LogP contribution in [0.25, 0.3) is 0 Å². The van der Waals surface area contributed by atoms with Crippen LogP contribution in [0.1, 0.15) is 30.4 Å². The van der Waals surface area contributed by atoms with Crippen molar-refractivity contribution in [2.75, 3.05) is 33.5 Å². The minimum atomic E-state index is -0.304. The summed E-state index contributed by atoms with van der Waals surface area (Å²) in [5.41, 5.74) is 1.46. The van der Waals surface area contributed by atoms with Gasteiger partial charge in [0.15, 0.2) is 12.8 Å². The first-order valence-corrected chi connectivity index (χ1v) is 9.33. The van der Waals surface area contributed by atoms with Gasteiger partial charge in [0.05, 0.1) is 6.61 Å². The van der Waals surface area contributed by atoms with Crippen molar-refractivity contribution in [1.82, 2.24) is 15.5 Å². The van der Waals surface area contributed by atoms with Crippen molar-refractivity contribution < 1.29 is 18.7 Å². The summed E-state index contributed by atoms with van der Waals surface area (Å²) in [5.74, 6) is 1.28. The zero-order chi connectivity index (χ0) is 18.9. The van der Waals surface area contributed by atoms with Crippen LogP contribution >= 0.6 is 24.0 Å². The molecular weight excluding hydrogens is 478 g/mol. The molecule has 1 aromatic carbocycles. The molecule has 2 saturated heterocycles. The number of benzene rings is 1. The first-order valence-electron chi connectivity index (χ1n) is 9.33. The van der Waals surface area contributed by atoms with Crippen molar-refractivity contribution in [1.29, 1.82) is 0 Å². The summed E-state index contributed by atoms with van der Waals surface area (Å²) in [6.45, 7) is 3.34. The summed E-state index contributed by atoms with van der Waals surface area (Å²) in [4.78, 5) is 18.3. The zero-order valence-corrected chi connectivity index (χ0v) is 18.3. The Morgan fingerprint density at radius 1 is 1.46 bits per heavy atom. The quantitative estimate of drug-likeness (QED) is 0.366. The third-order valence-electron chi connectivity index (χ3n) is 5.56. The lowest BCUT2D eigenvalue weighted by molar-refractivity contribution is -0.119. The molecule has 2 fully saturated rings. The average Bonchev–Trinajstić information content (AvgIpc) is 3.01. The minimum absolute atomic E-state index is 0. The Bertz CT molecular complexity index is 776. The van der Waals surface area contributed by atoms with E-state index in [1.165, 1.54) is 12.1 Å². The van der Waals surface area contributed by atoms with E-state index in [2.05, 4.69) is 20.5 Å². The summed E-state index contributed by atoms with van der Waals surface area (Å²) in [6, 6.07) is 2.94.